The first-order chi connectivity index (χ1) is 13.9. The van der Waals surface area contributed by atoms with E-state index in [1.807, 2.05) is 24.3 Å². The molecule has 4 heteroatoms. The summed E-state index contributed by atoms with van der Waals surface area (Å²) < 4.78 is 0. The average Bonchev–Trinajstić information content (AvgIpc) is 3.08. The van der Waals surface area contributed by atoms with Crippen LogP contribution in [0.1, 0.15) is 56.1 Å². The summed E-state index contributed by atoms with van der Waals surface area (Å²) in [6.07, 6.45) is 6.67. The second kappa shape index (κ2) is 6.58. The lowest BCUT2D eigenvalue weighted by molar-refractivity contribution is 0.0497. The lowest BCUT2D eigenvalue weighted by atomic mass is 9.55. The summed E-state index contributed by atoms with van der Waals surface area (Å²) in [7, 11) is 2.12. The van der Waals surface area contributed by atoms with Gasteiger partial charge in [-0.3, -0.25) is 0 Å². The predicted molar refractivity (Wildman–Crippen MR) is 115 cm³/mol. The Morgan fingerprint density at radius 1 is 0.931 bits per heavy atom. The van der Waals surface area contributed by atoms with Crippen molar-refractivity contribution in [1.29, 1.82) is 0 Å². The van der Waals surface area contributed by atoms with Crippen molar-refractivity contribution in [2.75, 3.05) is 11.9 Å². The van der Waals surface area contributed by atoms with Crippen LogP contribution in [0.5, 0.6) is 17.2 Å². The van der Waals surface area contributed by atoms with Crippen molar-refractivity contribution in [3.8, 4) is 17.2 Å². The predicted octanol–water partition coefficient (Wildman–Crippen LogP) is 5.16. The van der Waals surface area contributed by atoms with E-state index in [-0.39, 0.29) is 11.5 Å². The smallest absolute Gasteiger partial charge is 0.161 e. The maximum atomic E-state index is 10.7. The van der Waals surface area contributed by atoms with E-state index in [2.05, 4.69) is 18.9 Å². The number of para-hydroxylation sites is 2. The van der Waals surface area contributed by atoms with E-state index in [0.717, 1.165) is 43.4 Å². The van der Waals surface area contributed by atoms with Crippen molar-refractivity contribution in [2.24, 2.45) is 17.3 Å². The fraction of sp³-hybridized carbons (Fsp3) is 0.520. The van der Waals surface area contributed by atoms with E-state index in [1.165, 1.54) is 12.0 Å². The van der Waals surface area contributed by atoms with Crippen LogP contribution in [0.2, 0.25) is 0 Å². The second-order valence-electron chi connectivity index (χ2n) is 9.74. The number of nitrogens with zero attached hydrogens (tertiary/aromatic N) is 1. The first-order valence-electron chi connectivity index (χ1n) is 11.0. The summed E-state index contributed by atoms with van der Waals surface area (Å²) in [5.41, 5.74) is 3.41. The molecule has 3 aliphatic rings. The van der Waals surface area contributed by atoms with E-state index in [9.17, 15) is 15.3 Å². The largest absolute Gasteiger partial charge is 0.506 e. The molecule has 29 heavy (non-hydrogen) atoms. The molecule has 0 aromatic heterocycles. The van der Waals surface area contributed by atoms with Crippen molar-refractivity contribution >= 4 is 5.69 Å². The van der Waals surface area contributed by atoms with Crippen LogP contribution in [0.4, 0.5) is 5.69 Å². The van der Waals surface area contributed by atoms with Crippen LogP contribution in [-0.2, 0) is 6.42 Å². The monoisotopic (exact) mass is 393 g/mol. The average molecular weight is 394 g/mol. The highest BCUT2D eigenvalue weighted by molar-refractivity contribution is 5.58. The molecule has 0 unspecified atom stereocenters. The molecule has 0 radical (unpaired) electrons. The molecule has 3 N–H and O–H groups in total. The minimum absolute atomic E-state index is 0.00651. The molecule has 2 fully saturated rings. The number of anilines is 1. The molecule has 0 heterocycles. The number of hydrogen-bond acceptors (Lipinski definition) is 4. The third kappa shape index (κ3) is 2.72. The number of fused-ring (bicyclic) bond motifs is 5. The molecule has 5 atom stereocenters. The van der Waals surface area contributed by atoms with Gasteiger partial charge >= 0.3 is 0 Å². The van der Waals surface area contributed by atoms with Crippen LogP contribution in [0.15, 0.2) is 36.4 Å². The first kappa shape index (κ1) is 18.7. The molecular formula is C25H31NO3. The highest BCUT2D eigenvalue weighted by atomic mass is 16.3. The van der Waals surface area contributed by atoms with Gasteiger partial charge < -0.3 is 20.2 Å². The number of rotatable bonds is 2. The van der Waals surface area contributed by atoms with Crippen molar-refractivity contribution in [3.05, 3.63) is 47.5 Å². The van der Waals surface area contributed by atoms with Crippen molar-refractivity contribution in [3.63, 3.8) is 0 Å². The molecule has 2 aromatic carbocycles. The van der Waals surface area contributed by atoms with Gasteiger partial charge in [0.2, 0.25) is 0 Å². The van der Waals surface area contributed by atoms with Crippen LogP contribution in [0, 0.1) is 17.3 Å². The molecule has 0 aliphatic heterocycles. The van der Waals surface area contributed by atoms with E-state index < -0.39 is 0 Å². The highest BCUT2D eigenvalue weighted by Crippen LogP contribution is 2.63. The zero-order valence-electron chi connectivity index (χ0n) is 17.3. The van der Waals surface area contributed by atoms with Crippen molar-refractivity contribution in [1.82, 2.24) is 0 Å². The Bertz CT molecular complexity index is 942. The van der Waals surface area contributed by atoms with Gasteiger partial charge in [0.05, 0.1) is 5.69 Å². The minimum Gasteiger partial charge on any atom is -0.506 e. The number of phenolic OH excluding ortho intramolecular Hbond substituents is 3. The van der Waals surface area contributed by atoms with Gasteiger partial charge in [0, 0.05) is 18.7 Å². The Morgan fingerprint density at radius 2 is 1.69 bits per heavy atom. The molecule has 154 valence electrons. The Morgan fingerprint density at radius 3 is 2.48 bits per heavy atom. The molecule has 3 aliphatic carbocycles. The number of benzene rings is 2. The van der Waals surface area contributed by atoms with Crippen LogP contribution in [0.25, 0.3) is 0 Å². The standard InChI is InChI=1S/C25H31NO3/c1-25-13-11-16-17(9-7-15-8-10-21(28)24(29)22(15)16)23(25)19(12-14-25)26(2)18-5-3-4-6-20(18)27/h3-6,8,10,16-17,19,23,27-29H,7,9,11-14H2,1-2H3/t16-,17+,19+,23+,25+/m0/s1. The van der Waals surface area contributed by atoms with Gasteiger partial charge in [0.1, 0.15) is 5.75 Å². The maximum absolute atomic E-state index is 10.7. The van der Waals surface area contributed by atoms with Gasteiger partial charge in [-0.15, -0.1) is 0 Å². The molecule has 0 bridgehead atoms. The molecule has 2 aromatic rings. The molecule has 0 saturated heterocycles. The highest BCUT2D eigenvalue weighted by Gasteiger charge is 2.56. The Kier molecular flexibility index (Phi) is 4.23. The maximum Gasteiger partial charge on any atom is 0.161 e. The minimum atomic E-state index is 0.00651. The van der Waals surface area contributed by atoms with Gasteiger partial charge in [-0.05, 0) is 85.5 Å². The molecular weight excluding hydrogens is 362 g/mol. The van der Waals surface area contributed by atoms with Gasteiger partial charge in [-0.2, -0.15) is 0 Å². The SMILES string of the molecule is CN(c1ccccc1O)[C@@H]1CC[C@@]2(C)CC[C@@H]3c4c(ccc(O)c4O)CC[C@H]3[C@H]12. The number of hydrogen-bond donors (Lipinski definition) is 3. The van der Waals surface area contributed by atoms with Gasteiger partial charge in [-0.1, -0.05) is 25.1 Å². The van der Waals surface area contributed by atoms with Gasteiger partial charge in [0.25, 0.3) is 0 Å². The summed E-state index contributed by atoms with van der Waals surface area (Å²) in [6, 6.07) is 11.6. The number of aromatic hydroxyl groups is 3. The number of aryl methyl sites for hydroxylation is 1. The second-order valence-corrected chi connectivity index (χ2v) is 9.74. The Balaban J connectivity index is 1.54. The van der Waals surface area contributed by atoms with Crippen LogP contribution in [0.3, 0.4) is 0 Å². The topological polar surface area (TPSA) is 63.9 Å². The Hall–Kier alpha value is -2.36. The van der Waals surface area contributed by atoms with Crippen molar-refractivity contribution < 1.29 is 15.3 Å². The third-order valence-electron chi connectivity index (χ3n) is 8.40. The van der Waals surface area contributed by atoms with E-state index >= 15 is 0 Å². The summed E-state index contributed by atoms with van der Waals surface area (Å²) >= 11 is 0. The first-order valence-corrected chi connectivity index (χ1v) is 11.0. The quantitative estimate of drug-likeness (QED) is 0.616. The summed E-state index contributed by atoms with van der Waals surface area (Å²) in [6.45, 7) is 2.45. The number of phenols is 3. The van der Waals surface area contributed by atoms with Crippen LogP contribution < -0.4 is 4.90 Å². The van der Waals surface area contributed by atoms with E-state index in [1.54, 1.807) is 12.1 Å². The zero-order chi connectivity index (χ0) is 20.3. The lowest BCUT2D eigenvalue weighted by Crippen LogP contribution is -2.48. The molecule has 4 nitrogen and oxygen atoms in total. The van der Waals surface area contributed by atoms with Crippen LogP contribution in [-0.4, -0.2) is 28.4 Å². The van der Waals surface area contributed by atoms with Gasteiger partial charge in [-0.25, -0.2) is 0 Å². The fourth-order valence-corrected chi connectivity index (χ4v) is 7.04. The van der Waals surface area contributed by atoms with Gasteiger partial charge in [0.15, 0.2) is 11.5 Å². The molecule has 5 rings (SSSR count). The van der Waals surface area contributed by atoms with Crippen molar-refractivity contribution in [2.45, 2.75) is 57.4 Å². The molecule has 0 amide bonds. The van der Waals surface area contributed by atoms with E-state index in [4.69, 9.17) is 0 Å². The zero-order valence-corrected chi connectivity index (χ0v) is 17.3. The molecule has 0 spiro atoms. The molecule has 2 saturated carbocycles. The lowest BCUT2D eigenvalue weighted by Gasteiger charge is -2.52. The third-order valence-corrected chi connectivity index (χ3v) is 8.40. The summed E-state index contributed by atoms with van der Waals surface area (Å²) in [4.78, 5) is 2.30. The summed E-state index contributed by atoms with van der Waals surface area (Å²) in [5, 5.41) is 31.2. The van der Waals surface area contributed by atoms with E-state index in [0.29, 0.717) is 35.0 Å². The fourth-order valence-electron chi connectivity index (χ4n) is 7.04. The van der Waals surface area contributed by atoms with Crippen LogP contribution >= 0.6 is 0 Å². The summed E-state index contributed by atoms with van der Waals surface area (Å²) in [5.74, 6) is 1.77. The normalized spacial score (nSPS) is 32.9. The Labute approximate surface area is 172 Å².